The van der Waals surface area contributed by atoms with E-state index in [2.05, 4.69) is 45.5 Å². The summed E-state index contributed by atoms with van der Waals surface area (Å²) in [6, 6.07) is 14.9. The average Bonchev–Trinajstić information content (AvgIpc) is 3.49. The lowest BCUT2D eigenvalue weighted by Crippen LogP contribution is -2.34. The van der Waals surface area contributed by atoms with E-state index in [1.807, 2.05) is 11.8 Å². The van der Waals surface area contributed by atoms with Crippen molar-refractivity contribution in [3.05, 3.63) is 73.1 Å². The molecule has 2 aliphatic carbocycles. The van der Waals surface area contributed by atoms with E-state index in [0.717, 1.165) is 20.3 Å². The number of aromatic hydroxyl groups is 1. The van der Waals surface area contributed by atoms with Crippen molar-refractivity contribution in [3.63, 3.8) is 0 Å². The SMILES string of the molecule is O=C(Cn1c2c(sc1=O)[C@@H](c1ccc(Br)cc1)C1C3CCC(C3)C1S2)Nc1ccc(O)cc1. The maximum Gasteiger partial charge on any atom is 0.308 e. The molecule has 1 aromatic heterocycles. The topological polar surface area (TPSA) is 71.3 Å². The predicted octanol–water partition coefficient (Wildman–Crippen LogP) is 5.67. The van der Waals surface area contributed by atoms with Gasteiger partial charge in [0.2, 0.25) is 5.91 Å². The van der Waals surface area contributed by atoms with Crippen molar-refractivity contribution in [1.82, 2.24) is 4.57 Å². The summed E-state index contributed by atoms with van der Waals surface area (Å²) in [7, 11) is 0. The number of hydrogen-bond donors (Lipinski definition) is 2. The third kappa shape index (κ3) is 3.76. The van der Waals surface area contributed by atoms with Crippen LogP contribution in [0.25, 0.3) is 0 Å². The third-order valence-electron chi connectivity index (χ3n) is 7.37. The number of carbonyl (C=O) groups is 1. The van der Waals surface area contributed by atoms with E-state index in [0.29, 0.717) is 22.8 Å². The van der Waals surface area contributed by atoms with Crippen LogP contribution in [0.2, 0.25) is 0 Å². The Hall–Kier alpha value is -2.03. The van der Waals surface area contributed by atoms with Crippen LogP contribution in [-0.4, -0.2) is 20.8 Å². The molecule has 33 heavy (non-hydrogen) atoms. The molecule has 3 aromatic rings. The Morgan fingerprint density at radius 3 is 2.58 bits per heavy atom. The van der Waals surface area contributed by atoms with Gasteiger partial charge in [-0.2, -0.15) is 0 Å². The molecule has 3 aliphatic rings. The number of thioether (sulfide) groups is 1. The summed E-state index contributed by atoms with van der Waals surface area (Å²) in [6.07, 6.45) is 3.85. The van der Waals surface area contributed by atoms with Crippen LogP contribution in [0.3, 0.4) is 0 Å². The van der Waals surface area contributed by atoms with Gasteiger partial charge in [-0.3, -0.25) is 14.2 Å². The van der Waals surface area contributed by atoms with Gasteiger partial charge in [0.15, 0.2) is 0 Å². The number of phenolic OH excluding ortho intramolecular Hbond substituents is 1. The van der Waals surface area contributed by atoms with E-state index >= 15 is 0 Å². The monoisotopic (exact) mass is 542 g/mol. The summed E-state index contributed by atoms with van der Waals surface area (Å²) in [6.45, 7) is -0.00289. The van der Waals surface area contributed by atoms with Crippen LogP contribution in [-0.2, 0) is 11.3 Å². The summed E-state index contributed by atoms with van der Waals surface area (Å²) < 4.78 is 2.73. The molecule has 5 nitrogen and oxygen atoms in total. The Balaban J connectivity index is 1.36. The fraction of sp³-hybridized carbons (Fsp3) is 0.360. The summed E-state index contributed by atoms with van der Waals surface area (Å²) in [4.78, 5) is 27.0. The fourth-order valence-electron chi connectivity index (χ4n) is 6.02. The molecular formula is C25H23BrN2O3S2. The van der Waals surface area contributed by atoms with Gasteiger partial charge in [0, 0.05) is 26.2 Å². The summed E-state index contributed by atoms with van der Waals surface area (Å²) >= 11 is 6.70. The molecule has 1 amide bonds. The van der Waals surface area contributed by atoms with Crippen molar-refractivity contribution >= 4 is 50.6 Å². The average molecular weight is 544 g/mol. The maximum atomic E-state index is 13.1. The predicted molar refractivity (Wildman–Crippen MR) is 135 cm³/mol. The van der Waals surface area contributed by atoms with E-state index < -0.39 is 0 Å². The molecule has 2 saturated carbocycles. The van der Waals surface area contributed by atoms with Gasteiger partial charge in [0.25, 0.3) is 0 Å². The molecule has 8 heteroatoms. The van der Waals surface area contributed by atoms with Crippen LogP contribution in [0.15, 0.2) is 62.8 Å². The van der Waals surface area contributed by atoms with E-state index in [1.165, 1.54) is 48.3 Å². The molecule has 2 bridgehead atoms. The van der Waals surface area contributed by atoms with Crippen LogP contribution in [0.1, 0.15) is 35.6 Å². The van der Waals surface area contributed by atoms with Crippen LogP contribution < -0.4 is 10.2 Å². The van der Waals surface area contributed by atoms with Crippen molar-refractivity contribution in [2.24, 2.45) is 17.8 Å². The van der Waals surface area contributed by atoms with E-state index in [4.69, 9.17) is 0 Å². The smallest absolute Gasteiger partial charge is 0.308 e. The number of phenols is 1. The molecule has 0 spiro atoms. The number of carbonyl (C=O) groups excluding carboxylic acids is 1. The zero-order valence-electron chi connectivity index (χ0n) is 17.7. The van der Waals surface area contributed by atoms with Crippen LogP contribution >= 0.6 is 39.0 Å². The number of nitrogens with one attached hydrogen (secondary N) is 1. The lowest BCUT2D eigenvalue weighted by Gasteiger charge is -2.40. The van der Waals surface area contributed by atoms with Crippen LogP contribution in [0.5, 0.6) is 5.75 Å². The second-order valence-electron chi connectivity index (χ2n) is 9.24. The number of fused-ring (bicyclic) bond motifs is 6. The summed E-state index contributed by atoms with van der Waals surface area (Å²) in [5.41, 5.74) is 1.87. The number of anilines is 1. The van der Waals surface area contributed by atoms with Crippen LogP contribution in [0, 0.1) is 17.8 Å². The number of aromatic nitrogens is 1. The zero-order chi connectivity index (χ0) is 22.7. The van der Waals surface area contributed by atoms with Crippen LogP contribution in [0.4, 0.5) is 5.69 Å². The van der Waals surface area contributed by atoms with Crippen molar-refractivity contribution in [1.29, 1.82) is 0 Å². The summed E-state index contributed by atoms with van der Waals surface area (Å²) in [5, 5.41) is 13.8. The molecule has 2 heterocycles. The van der Waals surface area contributed by atoms with Gasteiger partial charge in [-0.05, 0) is 79.0 Å². The van der Waals surface area contributed by atoms with Gasteiger partial charge in [-0.25, -0.2) is 0 Å². The van der Waals surface area contributed by atoms with E-state index in [1.54, 1.807) is 16.7 Å². The van der Waals surface area contributed by atoms with Gasteiger partial charge in [-0.15, -0.1) is 11.8 Å². The number of benzene rings is 2. The van der Waals surface area contributed by atoms with Crippen molar-refractivity contribution in [2.75, 3.05) is 5.32 Å². The molecule has 2 aromatic carbocycles. The molecule has 0 saturated heterocycles. The van der Waals surface area contributed by atoms with Crippen molar-refractivity contribution in [3.8, 4) is 5.75 Å². The molecule has 2 fully saturated rings. The van der Waals surface area contributed by atoms with Gasteiger partial charge in [0.05, 0.1) is 5.03 Å². The Labute approximate surface area is 208 Å². The second-order valence-corrected chi connectivity index (χ2v) is 12.3. The first-order chi connectivity index (χ1) is 16.0. The third-order valence-corrected chi connectivity index (χ3v) is 10.7. The number of amides is 1. The highest BCUT2D eigenvalue weighted by atomic mass is 79.9. The molecule has 2 N–H and O–H groups in total. The molecule has 1 aliphatic heterocycles. The van der Waals surface area contributed by atoms with Gasteiger partial charge in [0.1, 0.15) is 12.3 Å². The molecule has 5 atom stereocenters. The van der Waals surface area contributed by atoms with E-state index in [-0.39, 0.29) is 29.0 Å². The van der Waals surface area contributed by atoms with Crippen molar-refractivity contribution < 1.29 is 9.90 Å². The molecule has 0 radical (unpaired) electrons. The van der Waals surface area contributed by atoms with Crippen molar-refractivity contribution in [2.45, 2.75) is 42.0 Å². The standard InChI is InChI=1S/C25H23BrN2O3S2/c26-16-5-3-13(4-6-16)20-21-14-1-2-15(11-14)22(21)32-24-23(20)33-25(31)28(24)12-19(30)27-17-7-9-18(29)10-8-17/h3-10,14-15,20-22,29H,1-2,11-12H2,(H,27,30)/t14?,15?,20-,21?,22?/m0/s1. The molecule has 4 unspecified atom stereocenters. The number of hydrogen-bond acceptors (Lipinski definition) is 5. The number of rotatable bonds is 4. The first-order valence-electron chi connectivity index (χ1n) is 11.2. The first-order valence-corrected chi connectivity index (χ1v) is 13.7. The lowest BCUT2D eigenvalue weighted by molar-refractivity contribution is -0.116. The summed E-state index contributed by atoms with van der Waals surface area (Å²) in [5.74, 6) is 2.10. The first kappa shape index (κ1) is 21.5. The largest absolute Gasteiger partial charge is 0.508 e. The van der Waals surface area contributed by atoms with E-state index in [9.17, 15) is 14.7 Å². The minimum atomic E-state index is -0.237. The van der Waals surface area contributed by atoms with Gasteiger partial charge < -0.3 is 10.4 Å². The number of thiazole rings is 1. The Morgan fingerprint density at radius 1 is 1.09 bits per heavy atom. The highest BCUT2D eigenvalue weighted by Crippen LogP contribution is 2.64. The number of nitrogens with zero attached hydrogens (tertiary/aromatic N) is 1. The Bertz CT molecular complexity index is 1270. The maximum absolute atomic E-state index is 13.1. The second kappa shape index (κ2) is 8.32. The number of halogens is 1. The van der Waals surface area contributed by atoms with Gasteiger partial charge in [-0.1, -0.05) is 39.4 Å². The Kier molecular flexibility index (Phi) is 5.42. The zero-order valence-corrected chi connectivity index (χ0v) is 21.0. The van der Waals surface area contributed by atoms with Gasteiger partial charge >= 0.3 is 4.87 Å². The normalized spacial score (nSPS) is 27.2. The molecular weight excluding hydrogens is 520 g/mol. The lowest BCUT2D eigenvalue weighted by atomic mass is 9.75. The minimum absolute atomic E-state index is 0.00289. The minimum Gasteiger partial charge on any atom is -0.508 e. The molecule has 170 valence electrons. The molecule has 6 rings (SSSR count). The highest BCUT2D eigenvalue weighted by Gasteiger charge is 2.55. The quantitative estimate of drug-likeness (QED) is 0.416. The highest BCUT2D eigenvalue weighted by molar-refractivity contribution is 9.10. The Morgan fingerprint density at radius 2 is 1.82 bits per heavy atom. The fourth-order valence-corrected chi connectivity index (χ4v) is 9.43.